The van der Waals surface area contributed by atoms with Crippen molar-refractivity contribution >= 4 is 0 Å². The summed E-state index contributed by atoms with van der Waals surface area (Å²) >= 11 is 0. The number of aliphatic hydroxyl groups excluding tert-OH is 2. The Hall–Kier alpha value is -5.58. The summed E-state index contributed by atoms with van der Waals surface area (Å²) < 4.78 is 0. The third-order valence-electron chi connectivity index (χ3n) is 11.1. The molecular weight excluding hydrogens is 641 g/mol. The zero-order valence-corrected chi connectivity index (χ0v) is 31.0. The van der Waals surface area contributed by atoms with Crippen molar-refractivity contribution in [2.24, 2.45) is 40.4 Å². The van der Waals surface area contributed by atoms with E-state index in [-0.39, 0.29) is 30.4 Å². The monoisotopic (exact) mass is 721 g/mol. The molecule has 52 heavy (non-hydrogen) atoms. The van der Waals surface area contributed by atoms with Gasteiger partial charge in [0.25, 0.3) is 0 Å². The maximum Gasteiger partial charge on any atom is 0.0577 e. The van der Waals surface area contributed by atoms with Crippen LogP contribution in [0.2, 0.25) is 0 Å². The topological polar surface area (TPSA) is 74.6 Å². The first-order valence-electron chi connectivity index (χ1n) is 17.8. The van der Waals surface area contributed by atoms with Gasteiger partial charge in [-0.15, -0.1) is 0 Å². The summed E-state index contributed by atoms with van der Waals surface area (Å²) in [6, 6.07) is 0. The van der Waals surface area contributed by atoms with Crippen LogP contribution in [0.4, 0.5) is 0 Å². The first kappa shape index (κ1) is 42.6. The number of hydrogen-bond acceptors (Lipinski definition) is 4. The van der Waals surface area contributed by atoms with Crippen LogP contribution in [0.1, 0.15) is 123 Å². The zero-order valence-electron chi connectivity index (χ0n) is 31.0. The van der Waals surface area contributed by atoms with Gasteiger partial charge in [0.1, 0.15) is 0 Å². The van der Waals surface area contributed by atoms with Gasteiger partial charge in [0.2, 0.25) is 0 Å². The molecule has 4 aliphatic carbocycles. The molecular formula is C48H80O4. The molecule has 0 bridgehead atoms. The van der Waals surface area contributed by atoms with Crippen molar-refractivity contribution in [2.45, 2.75) is 105 Å². The van der Waals surface area contributed by atoms with Crippen LogP contribution in [0.3, 0.4) is 0 Å². The third kappa shape index (κ3) is 12.6. The molecule has 8 atom stereocenters. The maximum atomic E-state index is 10.2. The van der Waals surface area contributed by atoms with Gasteiger partial charge in [-0.05, 0) is 213 Å². The minimum absolute atomic E-state index is 0. The predicted molar refractivity (Wildman–Crippen MR) is 246 cm³/mol. The van der Waals surface area contributed by atoms with Crippen LogP contribution >= 0.6 is 0 Å². The van der Waals surface area contributed by atoms with E-state index in [2.05, 4.69) is 157 Å². The van der Waals surface area contributed by atoms with E-state index in [0.29, 0.717) is 17.4 Å². The van der Waals surface area contributed by atoms with Gasteiger partial charge in [0.15, 0.2) is 0 Å². The Morgan fingerprint density at radius 1 is 0.692 bits per heavy atom. The second-order valence-electron chi connectivity index (χ2n) is 13.7. The van der Waals surface area contributed by atoms with Gasteiger partial charge in [-0.2, -0.15) is 0 Å². The summed E-state index contributed by atoms with van der Waals surface area (Å²) in [6.45, 7) is 11.3. The number of fused-ring (bicyclic) bond motifs is 5. The number of rotatable bonds is 4. The SMILES string of the molecule is CC#CC#CC#CC#CC#CC#CC#CC#CC#CC#CC#CC.C[C@H](CCCO)[C@H]1CC[C@H]2[C@@H]3CC=C4C[C@@H](O)CC[C@]4(C)[C@H]3CC[C@]12C.O=O.[HH].[HH].[HH].[HH].[HH].[HH].[HH].[HH].[HH].[HH].[HH].[HH].[HH].[HH].[HH].[HH].[HH]. The fourth-order valence-electron chi connectivity index (χ4n) is 8.92. The molecule has 0 aromatic heterocycles. The molecule has 0 aromatic carbocycles. The Morgan fingerprint density at radius 2 is 1.15 bits per heavy atom. The van der Waals surface area contributed by atoms with E-state index in [1.807, 2.05) is 0 Å². The highest BCUT2D eigenvalue weighted by atomic mass is 16.7. The molecule has 0 unspecified atom stereocenters. The first-order valence-corrected chi connectivity index (χ1v) is 17.8. The molecule has 0 radical (unpaired) electrons. The fraction of sp³-hybridized carbons (Fsp3) is 0.500. The average Bonchev–Trinajstić information content (AvgIpc) is 3.52. The Labute approximate surface area is 338 Å². The summed E-state index contributed by atoms with van der Waals surface area (Å²) in [5.41, 5.74) is 2.47. The average molecular weight is 721 g/mol. The van der Waals surface area contributed by atoms with E-state index in [9.17, 15) is 10.2 Å². The lowest BCUT2D eigenvalue weighted by Crippen LogP contribution is -2.50. The predicted octanol–water partition coefficient (Wildman–Crippen LogP) is 10.6. The highest BCUT2D eigenvalue weighted by molar-refractivity contribution is 5.47. The molecule has 0 aliphatic heterocycles. The number of allylic oxidation sites excluding steroid dienone is 1. The van der Waals surface area contributed by atoms with Crippen LogP contribution in [0.15, 0.2) is 11.6 Å². The zero-order chi connectivity index (χ0) is 38.1. The molecule has 3 saturated carbocycles. The Morgan fingerprint density at radius 3 is 1.60 bits per heavy atom. The molecule has 0 amide bonds. The minimum Gasteiger partial charge on any atom is -0.396 e. The lowest BCUT2D eigenvalue weighted by molar-refractivity contribution is -0.0574. The van der Waals surface area contributed by atoms with Crippen molar-refractivity contribution in [1.82, 2.24) is 0 Å². The molecule has 0 saturated heterocycles. The molecule has 4 aliphatic rings. The lowest BCUT2D eigenvalue weighted by atomic mass is 9.47. The molecule has 0 heterocycles. The summed E-state index contributed by atoms with van der Waals surface area (Å²) in [7, 11) is 0. The van der Waals surface area contributed by atoms with Crippen molar-refractivity contribution in [3.05, 3.63) is 21.6 Å². The van der Waals surface area contributed by atoms with Crippen LogP contribution in [0.25, 0.3) is 0 Å². The molecule has 296 valence electrons. The van der Waals surface area contributed by atoms with E-state index in [4.69, 9.17) is 9.93 Å². The number of hydrogen-bond donors (Lipinski definition) is 2. The van der Waals surface area contributed by atoms with Gasteiger partial charge in [-0.25, -0.2) is 0 Å². The van der Waals surface area contributed by atoms with Gasteiger partial charge in [-0.3, -0.25) is 0 Å². The Balaban J connectivity index is -0.0000000454. The smallest absolute Gasteiger partial charge is 0.0577 e. The van der Waals surface area contributed by atoms with Crippen molar-refractivity contribution in [3.63, 3.8) is 0 Å². The first-order chi connectivity index (χ1) is 25.3. The Bertz CT molecular complexity index is 1970. The van der Waals surface area contributed by atoms with Gasteiger partial charge in [0.05, 0.1) is 6.10 Å². The van der Waals surface area contributed by atoms with Gasteiger partial charge < -0.3 is 10.2 Å². The quantitative estimate of drug-likeness (QED) is 0.224. The second kappa shape index (κ2) is 23.8. The normalized spacial score (nSPS) is 26.4. The molecule has 4 nitrogen and oxygen atoms in total. The van der Waals surface area contributed by atoms with E-state index >= 15 is 0 Å². The molecule has 4 heteroatoms. The van der Waals surface area contributed by atoms with E-state index < -0.39 is 0 Å². The van der Waals surface area contributed by atoms with Crippen LogP contribution in [-0.2, 0) is 0 Å². The summed E-state index contributed by atoms with van der Waals surface area (Å²) in [4.78, 5) is 14.0. The van der Waals surface area contributed by atoms with Gasteiger partial charge >= 0.3 is 0 Å². The fourth-order valence-corrected chi connectivity index (χ4v) is 8.92. The summed E-state index contributed by atoms with van der Waals surface area (Å²) in [6.07, 6.45) is 14.6. The summed E-state index contributed by atoms with van der Waals surface area (Å²) in [5, 5.41) is 19.4. The van der Waals surface area contributed by atoms with E-state index in [1.165, 1.54) is 44.9 Å². The number of aliphatic hydroxyl groups is 2. The standard InChI is InChI=1S/C24H40O2.C24H6.O2.17H2/c1-16(5-4-14-25)20-8-9-21-19-7-6-17-15-18(26)10-12-23(17,2)22(19)11-13-24(20,21)3;1-3-5-7-9-11-13-15-17-19-21-23-24-22-20-18-16-14-12-10-8-6-4-2;1-2;;;;;;;;;;;;;;;;;/h6,16,18-22,25-26H,4-5,7-15H2,1-3H3;1-2H3;;17*1H/t16-,18+,19+,20-,21+,22+,23+,24-;;;;;;;;;;;;;;;;;;;/m1.................../s1. The van der Waals surface area contributed by atoms with Crippen molar-refractivity contribution in [2.75, 3.05) is 6.61 Å². The largest absolute Gasteiger partial charge is 0.396 e. The molecule has 0 aromatic rings. The summed E-state index contributed by atoms with van der Waals surface area (Å²) in [5.74, 6) is 59.8. The van der Waals surface area contributed by atoms with Gasteiger partial charge in [-0.1, -0.05) is 44.3 Å². The molecule has 2 N–H and O–H groups in total. The van der Waals surface area contributed by atoms with Crippen LogP contribution in [0.5, 0.6) is 0 Å². The van der Waals surface area contributed by atoms with E-state index in [0.717, 1.165) is 48.9 Å². The van der Waals surface area contributed by atoms with Crippen molar-refractivity contribution in [1.29, 1.82) is 0 Å². The van der Waals surface area contributed by atoms with Crippen molar-refractivity contribution in [3.8, 4) is 130 Å². The highest BCUT2D eigenvalue weighted by Gasteiger charge is 2.59. The third-order valence-corrected chi connectivity index (χ3v) is 11.1. The lowest BCUT2D eigenvalue weighted by Gasteiger charge is -2.58. The molecule has 4 rings (SSSR count). The van der Waals surface area contributed by atoms with Crippen LogP contribution in [-0.4, -0.2) is 22.9 Å². The maximum absolute atomic E-state index is 10.2. The van der Waals surface area contributed by atoms with Crippen LogP contribution in [0, 0.1) is 181 Å². The second-order valence-corrected chi connectivity index (χ2v) is 13.7. The van der Waals surface area contributed by atoms with Crippen molar-refractivity contribution < 1.29 is 34.5 Å². The van der Waals surface area contributed by atoms with Gasteiger partial charge in [0, 0.05) is 64.5 Å². The Kier molecular flexibility index (Phi) is 19.5. The van der Waals surface area contributed by atoms with Crippen LogP contribution < -0.4 is 0 Å². The molecule has 0 spiro atoms. The van der Waals surface area contributed by atoms with E-state index in [1.54, 1.807) is 19.4 Å². The molecule has 3 fully saturated rings. The minimum atomic E-state index is -0.0945. The highest BCUT2D eigenvalue weighted by Crippen LogP contribution is 2.67.